The van der Waals surface area contributed by atoms with Crippen LogP contribution >= 0.6 is 15.6 Å². The number of ether oxygens (including phenoxy) is 4. The van der Waals surface area contributed by atoms with Gasteiger partial charge in [0.05, 0.1) is 26.4 Å². The van der Waals surface area contributed by atoms with Crippen molar-refractivity contribution in [3.63, 3.8) is 0 Å². The summed E-state index contributed by atoms with van der Waals surface area (Å²) in [5.74, 6) is 0.963. The first-order valence-corrected chi connectivity index (χ1v) is 41.8. The molecule has 0 bridgehead atoms. The normalized spacial score (nSPS) is 14.7. The van der Waals surface area contributed by atoms with Gasteiger partial charge >= 0.3 is 39.5 Å². The molecule has 0 heterocycles. The molecule has 0 aromatic rings. The van der Waals surface area contributed by atoms with E-state index >= 15 is 0 Å². The molecule has 0 fully saturated rings. The molecule has 0 aromatic heterocycles. The summed E-state index contributed by atoms with van der Waals surface area (Å²) in [7, 11) is -9.91. The van der Waals surface area contributed by atoms with Crippen molar-refractivity contribution in [2.75, 3.05) is 39.6 Å². The molecule has 558 valence electrons. The standard InChI is InChI=1S/C75H146O17P2/c1-9-67(7)53-45-37-28-22-15-13-11-12-14-16-25-31-41-49-57-74(79)91-70(61-85-72(77)55-47-39-30-24-20-18-23-29-38-46-54-68(8)10-2)63-89-93(81,82)87-59-69(76)60-88-94(83,84)90-64-71(62-86-73(78)56-48-40-34-33-36-44-52-66(5)6)92-75(80)58-50-42-32-26-19-17-21-27-35-43-51-65(3)4/h65-71,76H,9-64H2,1-8H3,(H,81,82)(H,83,84)/t67?,68?,69-,70-,71-/m1/s1. The summed E-state index contributed by atoms with van der Waals surface area (Å²) in [5.41, 5.74) is 0. The van der Waals surface area contributed by atoms with Gasteiger partial charge in [-0.3, -0.25) is 37.3 Å². The fraction of sp³-hybridized carbons (Fsp3) is 0.947. The van der Waals surface area contributed by atoms with Crippen molar-refractivity contribution < 1.29 is 80.2 Å². The van der Waals surface area contributed by atoms with Gasteiger partial charge < -0.3 is 33.8 Å². The average Bonchev–Trinajstić information content (AvgIpc) is 1.36. The van der Waals surface area contributed by atoms with Crippen LogP contribution < -0.4 is 0 Å². The van der Waals surface area contributed by atoms with Gasteiger partial charge in [0.25, 0.3) is 0 Å². The van der Waals surface area contributed by atoms with Gasteiger partial charge in [-0.2, -0.15) is 0 Å². The largest absolute Gasteiger partial charge is 0.472 e. The van der Waals surface area contributed by atoms with E-state index < -0.39 is 97.5 Å². The first-order chi connectivity index (χ1) is 45.2. The summed E-state index contributed by atoms with van der Waals surface area (Å²) < 4.78 is 68.5. The minimum absolute atomic E-state index is 0.104. The molecular weight excluding hydrogens is 1230 g/mol. The molecule has 0 spiro atoms. The molecule has 0 rings (SSSR count). The SMILES string of the molecule is CCC(C)CCCCCCCCCCCCCCCCC(=O)O[C@H](COC(=O)CCCCCCCCCCCCC(C)CC)COP(=O)(O)OC[C@@H](O)COP(=O)(O)OC[C@@H](COC(=O)CCCCCCCCC(C)C)OC(=O)CCCCCCCCCCCCC(C)C. The third kappa shape index (κ3) is 66.0. The Hall–Kier alpha value is -1.94. The monoisotopic (exact) mass is 1380 g/mol. The maximum Gasteiger partial charge on any atom is 0.472 e. The van der Waals surface area contributed by atoms with Crippen LogP contribution in [0.3, 0.4) is 0 Å². The first-order valence-electron chi connectivity index (χ1n) is 38.8. The van der Waals surface area contributed by atoms with Crippen LogP contribution in [0.2, 0.25) is 0 Å². The maximum absolute atomic E-state index is 13.1. The Morgan fingerprint density at radius 1 is 0.298 bits per heavy atom. The van der Waals surface area contributed by atoms with Crippen LogP contribution in [0, 0.1) is 23.7 Å². The predicted octanol–water partition coefficient (Wildman–Crippen LogP) is 21.7. The number of esters is 4. The minimum Gasteiger partial charge on any atom is -0.462 e. The first kappa shape index (κ1) is 92.1. The number of aliphatic hydroxyl groups excluding tert-OH is 1. The fourth-order valence-electron chi connectivity index (χ4n) is 11.3. The second-order valence-electron chi connectivity index (χ2n) is 28.5. The van der Waals surface area contributed by atoms with E-state index in [2.05, 4.69) is 55.4 Å². The van der Waals surface area contributed by atoms with Crippen LogP contribution in [-0.2, 0) is 65.4 Å². The van der Waals surface area contributed by atoms with Gasteiger partial charge in [0.1, 0.15) is 19.3 Å². The highest BCUT2D eigenvalue weighted by molar-refractivity contribution is 7.47. The lowest BCUT2D eigenvalue weighted by molar-refractivity contribution is -0.161. The van der Waals surface area contributed by atoms with Crippen LogP contribution in [0.5, 0.6) is 0 Å². The van der Waals surface area contributed by atoms with Crippen LogP contribution in [0.1, 0.15) is 376 Å². The van der Waals surface area contributed by atoms with Gasteiger partial charge in [0.2, 0.25) is 0 Å². The summed E-state index contributed by atoms with van der Waals surface area (Å²) in [6.45, 7) is 14.2. The lowest BCUT2D eigenvalue weighted by Gasteiger charge is -2.21. The quantitative estimate of drug-likeness (QED) is 0.0222. The number of phosphoric ester groups is 2. The Labute approximate surface area is 575 Å². The maximum atomic E-state index is 13.1. The molecule has 0 aromatic carbocycles. The second kappa shape index (κ2) is 64.4. The number of unbranched alkanes of at least 4 members (excludes halogenated alkanes) is 36. The number of hydrogen-bond acceptors (Lipinski definition) is 15. The molecule has 0 saturated carbocycles. The molecule has 0 aliphatic carbocycles. The smallest absolute Gasteiger partial charge is 0.462 e. The molecule has 0 aliphatic heterocycles. The van der Waals surface area contributed by atoms with Crippen LogP contribution in [0.4, 0.5) is 0 Å². The number of aliphatic hydroxyl groups is 1. The van der Waals surface area contributed by atoms with Crippen molar-refractivity contribution in [2.45, 2.75) is 395 Å². The third-order valence-electron chi connectivity index (χ3n) is 18.0. The highest BCUT2D eigenvalue weighted by atomic mass is 31.2. The minimum atomic E-state index is -4.96. The molecule has 0 amide bonds. The Morgan fingerprint density at radius 3 is 0.755 bits per heavy atom. The molecular formula is C75H146O17P2. The molecule has 94 heavy (non-hydrogen) atoms. The molecule has 3 N–H and O–H groups in total. The van der Waals surface area contributed by atoms with E-state index in [1.54, 1.807) is 0 Å². The van der Waals surface area contributed by atoms with Crippen molar-refractivity contribution >= 4 is 39.5 Å². The molecule has 4 unspecified atom stereocenters. The summed E-state index contributed by atoms with van der Waals surface area (Å²) in [4.78, 5) is 72.7. The van der Waals surface area contributed by atoms with Crippen molar-refractivity contribution in [1.82, 2.24) is 0 Å². The molecule has 19 heteroatoms. The third-order valence-corrected chi connectivity index (χ3v) is 19.9. The van der Waals surface area contributed by atoms with Crippen molar-refractivity contribution in [2.24, 2.45) is 23.7 Å². The zero-order valence-electron chi connectivity index (χ0n) is 61.6. The summed E-state index contributed by atoms with van der Waals surface area (Å²) in [6, 6.07) is 0. The number of phosphoric acid groups is 2. The molecule has 0 saturated heterocycles. The lowest BCUT2D eigenvalue weighted by atomic mass is 9.99. The average molecular weight is 1380 g/mol. The van der Waals surface area contributed by atoms with Crippen molar-refractivity contribution in [3.05, 3.63) is 0 Å². The fourth-order valence-corrected chi connectivity index (χ4v) is 12.9. The van der Waals surface area contributed by atoms with E-state index in [0.717, 1.165) is 114 Å². The van der Waals surface area contributed by atoms with Gasteiger partial charge in [0.15, 0.2) is 12.2 Å². The molecule has 0 radical (unpaired) electrons. The highest BCUT2D eigenvalue weighted by Gasteiger charge is 2.30. The van der Waals surface area contributed by atoms with Crippen LogP contribution in [0.15, 0.2) is 0 Å². The van der Waals surface area contributed by atoms with Crippen molar-refractivity contribution in [1.29, 1.82) is 0 Å². The highest BCUT2D eigenvalue weighted by Crippen LogP contribution is 2.45. The van der Waals surface area contributed by atoms with Crippen LogP contribution in [0.25, 0.3) is 0 Å². The Balaban J connectivity index is 5.25. The second-order valence-corrected chi connectivity index (χ2v) is 31.4. The Kier molecular flexibility index (Phi) is 63.1. The number of rotatable bonds is 72. The topological polar surface area (TPSA) is 237 Å². The summed E-state index contributed by atoms with van der Waals surface area (Å²) in [6.07, 6.45) is 48.6. The molecule has 17 nitrogen and oxygen atoms in total. The zero-order valence-corrected chi connectivity index (χ0v) is 63.4. The van der Waals surface area contributed by atoms with Gasteiger partial charge in [0, 0.05) is 25.7 Å². The summed E-state index contributed by atoms with van der Waals surface area (Å²) >= 11 is 0. The zero-order chi connectivity index (χ0) is 69.6. The van der Waals surface area contributed by atoms with E-state index in [1.165, 1.54) is 173 Å². The summed E-state index contributed by atoms with van der Waals surface area (Å²) in [5, 5.41) is 10.6. The number of carbonyl (C=O) groups is 4. The van der Waals surface area contributed by atoms with Gasteiger partial charge in [-0.15, -0.1) is 0 Å². The predicted molar refractivity (Wildman–Crippen MR) is 381 cm³/mol. The van der Waals surface area contributed by atoms with E-state index in [4.69, 9.17) is 37.0 Å². The van der Waals surface area contributed by atoms with Crippen molar-refractivity contribution in [3.8, 4) is 0 Å². The Morgan fingerprint density at radius 2 is 0.511 bits per heavy atom. The molecule has 0 aliphatic rings. The van der Waals surface area contributed by atoms with E-state index in [9.17, 15) is 43.2 Å². The Bertz CT molecular complexity index is 1850. The lowest BCUT2D eigenvalue weighted by Crippen LogP contribution is -2.30. The van der Waals surface area contributed by atoms with E-state index in [1.807, 2.05) is 0 Å². The number of carbonyl (C=O) groups excluding carboxylic acids is 4. The van der Waals surface area contributed by atoms with Gasteiger partial charge in [-0.25, -0.2) is 9.13 Å². The van der Waals surface area contributed by atoms with E-state index in [-0.39, 0.29) is 25.7 Å². The van der Waals surface area contributed by atoms with Crippen LogP contribution in [-0.4, -0.2) is 96.7 Å². The van der Waals surface area contributed by atoms with Gasteiger partial charge in [-0.1, -0.05) is 325 Å². The molecule has 7 atom stereocenters. The van der Waals surface area contributed by atoms with E-state index in [0.29, 0.717) is 31.6 Å². The number of hydrogen-bond donors (Lipinski definition) is 3. The van der Waals surface area contributed by atoms with Gasteiger partial charge in [-0.05, 0) is 49.4 Å².